The van der Waals surface area contributed by atoms with Crippen LogP contribution in [0.3, 0.4) is 0 Å². The van der Waals surface area contributed by atoms with Gasteiger partial charge in [-0.3, -0.25) is 28.8 Å². The molecular formula is C25H33N5O4. The monoisotopic (exact) mass is 467 g/mol. The van der Waals surface area contributed by atoms with Crippen LogP contribution < -0.4 is 16.3 Å². The number of fused-ring (bicyclic) bond motifs is 1. The fourth-order valence-electron chi connectivity index (χ4n) is 6.04. The van der Waals surface area contributed by atoms with Gasteiger partial charge in [-0.15, -0.1) is 0 Å². The van der Waals surface area contributed by atoms with Crippen molar-refractivity contribution in [3.63, 3.8) is 0 Å². The molecule has 3 saturated heterocycles. The standard InChI is InChI=1S/C25H33N5O4/c1-28-22-17(5-8-21(32)29-15-11-25(12-16-29)9-13-26-14-10-25)3-2-4-18(22)30(24(28)34)19-6-7-20(31)27-23(19)33/h2-4,19,26H,5-16H2,1H3,(H,27,31,33). The van der Waals surface area contributed by atoms with Crippen LogP contribution in [0.1, 0.15) is 56.6 Å². The first-order valence-corrected chi connectivity index (χ1v) is 12.4. The molecule has 1 unspecified atom stereocenters. The molecule has 0 bridgehead atoms. The number of nitrogens with zero attached hydrogens (tertiary/aromatic N) is 3. The van der Waals surface area contributed by atoms with Crippen molar-refractivity contribution in [2.75, 3.05) is 26.2 Å². The quantitative estimate of drug-likeness (QED) is 0.659. The normalized spacial score (nSPS) is 22.9. The molecule has 3 aliphatic rings. The van der Waals surface area contributed by atoms with Crippen LogP contribution in [0.15, 0.2) is 23.0 Å². The van der Waals surface area contributed by atoms with E-state index in [1.165, 1.54) is 17.4 Å². The van der Waals surface area contributed by atoms with E-state index in [0.717, 1.165) is 50.1 Å². The van der Waals surface area contributed by atoms with Gasteiger partial charge in [-0.1, -0.05) is 12.1 Å². The first-order valence-electron chi connectivity index (χ1n) is 12.4. The van der Waals surface area contributed by atoms with Gasteiger partial charge in [0.15, 0.2) is 0 Å². The third-order valence-electron chi connectivity index (χ3n) is 8.16. The zero-order valence-corrected chi connectivity index (χ0v) is 19.8. The van der Waals surface area contributed by atoms with Crippen molar-refractivity contribution in [1.82, 2.24) is 24.7 Å². The molecule has 182 valence electrons. The molecule has 3 fully saturated rings. The molecule has 2 aromatic rings. The Kier molecular flexibility index (Phi) is 6.06. The molecule has 0 saturated carbocycles. The smallest absolute Gasteiger partial charge is 0.329 e. The number of hydrogen-bond acceptors (Lipinski definition) is 5. The predicted molar refractivity (Wildman–Crippen MR) is 127 cm³/mol. The Hall–Kier alpha value is -2.94. The second-order valence-corrected chi connectivity index (χ2v) is 10.1. The van der Waals surface area contributed by atoms with Crippen LogP contribution in [0, 0.1) is 5.41 Å². The lowest BCUT2D eigenvalue weighted by Crippen LogP contribution is -2.47. The number of para-hydroxylation sites is 1. The van der Waals surface area contributed by atoms with E-state index in [1.807, 2.05) is 23.1 Å². The van der Waals surface area contributed by atoms with Crippen LogP contribution >= 0.6 is 0 Å². The van der Waals surface area contributed by atoms with Gasteiger partial charge in [0.05, 0.1) is 11.0 Å². The van der Waals surface area contributed by atoms with Crippen molar-refractivity contribution < 1.29 is 14.4 Å². The lowest BCUT2D eigenvalue weighted by molar-refractivity contribution is -0.136. The summed E-state index contributed by atoms with van der Waals surface area (Å²) >= 11 is 0. The summed E-state index contributed by atoms with van der Waals surface area (Å²) in [5.74, 6) is -0.587. The van der Waals surface area contributed by atoms with E-state index in [9.17, 15) is 19.2 Å². The molecule has 9 heteroatoms. The van der Waals surface area contributed by atoms with Gasteiger partial charge in [0.1, 0.15) is 6.04 Å². The summed E-state index contributed by atoms with van der Waals surface area (Å²) in [4.78, 5) is 52.1. The Morgan fingerprint density at radius 1 is 1.09 bits per heavy atom. The second kappa shape index (κ2) is 9.02. The number of carbonyl (C=O) groups is 3. The van der Waals surface area contributed by atoms with Crippen LogP contribution in [0.5, 0.6) is 0 Å². The lowest BCUT2D eigenvalue weighted by atomic mass is 9.71. The number of aromatic nitrogens is 2. The molecule has 9 nitrogen and oxygen atoms in total. The summed E-state index contributed by atoms with van der Waals surface area (Å²) in [7, 11) is 1.70. The molecule has 1 spiro atoms. The molecule has 1 atom stereocenters. The second-order valence-electron chi connectivity index (χ2n) is 10.1. The van der Waals surface area contributed by atoms with Gasteiger partial charge in [0, 0.05) is 33.0 Å². The fourth-order valence-corrected chi connectivity index (χ4v) is 6.04. The maximum atomic E-state index is 13.1. The Bertz CT molecular complexity index is 1180. The van der Waals surface area contributed by atoms with Gasteiger partial charge in [-0.25, -0.2) is 4.79 Å². The average molecular weight is 468 g/mol. The third kappa shape index (κ3) is 4.06. The van der Waals surface area contributed by atoms with E-state index in [2.05, 4.69) is 10.6 Å². The summed E-state index contributed by atoms with van der Waals surface area (Å²) in [6.45, 7) is 3.81. The number of amides is 3. The fraction of sp³-hybridized carbons (Fsp3) is 0.600. The molecule has 1 aromatic carbocycles. The number of carbonyl (C=O) groups excluding carboxylic acids is 3. The molecule has 5 rings (SSSR count). The third-order valence-corrected chi connectivity index (χ3v) is 8.16. The van der Waals surface area contributed by atoms with Gasteiger partial charge >= 0.3 is 5.69 Å². The number of piperidine rings is 3. The van der Waals surface area contributed by atoms with E-state index in [4.69, 9.17) is 0 Å². The van der Waals surface area contributed by atoms with Crippen molar-refractivity contribution in [1.29, 1.82) is 0 Å². The van der Waals surface area contributed by atoms with Crippen molar-refractivity contribution >= 4 is 28.8 Å². The van der Waals surface area contributed by atoms with Gasteiger partial charge < -0.3 is 10.2 Å². The topological polar surface area (TPSA) is 105 Å². The van der Waals surface area contributed by atoms with Crippen LogP contribution in [-0.4, -0.2) is 57.9 Å². The highest BCUT2D eigenvalue weighted by atomic mass is 16.2. The molecule has 0 radical (unpaired) electrons. The van der Waals surface area contributed by atoms with Crippen molar-refractivity contribution in [2.45, 2.75) is 57.4 Å². The van der Waals surface area contributed by atoms with E-state index >= 15 is 0 Å². The summed E-state index contributed by atoms with van der Waals surface area (Å²) in [6.07, 6.45) is 6.02. The van der Waals surface area contributed by atoms with Gasteiger partial charge in [0.25, 0.3) is 0 Å². The summed E-state index contributed by atoms with van der Waals surface area (Å²) in [5.41, 5.74) is 2.45. The molecule has 2 N–H and O–H groups in total. The number of nitrogens with one attached hydrogen (secondary N) is 2. The Morgan fingerprint density at radius 3 is 2.53 bits per heavy atom. The highest BCUT2D eigenvalue weighted by molar-refractivity contribution is 6.00. The van der Waals surface area contributed by atoms with Crippen molar-refractivity contribution in [2.24, 2.45) is 12.5 Å². The van der Waals surface area contributed by atoms with Crippen molar-refractivity contribution in [3.8, 4) is 0 Å². The Balaban J connectivity index is 1.31. The molecule has 3 amide bonds. The lowest BCUT2D eigenvalue weighted by Gasteiger charge is -2.44. The molecule has 0 aliphatic carbocycles. The maximum absolute atomic E-state index is 13.1. The van der Waals surface area contributed by atoms with Gasteiger partial charge in [-0.05, 0) is 68.7 Å². The first kappa shape index (κ1) is 22.8. The molecule has 4 heterocycles. The zero-order chi connectivity index (χ0) is 23.9. The number of imidazole rings is 1. The van der Waals surface area contributed by atoms with Crippen LogP contribution in [0.4, 0.5) is 0 Å². The minimum atomic E-state index is -0.707. The molecule has 3 aliphatic heterocycles. The number of rotatable bonds is 4. The highest BCUT2D eigenvalue weighted by Gasteiger charge is 2.36. The van der Waals surface area contributed by atoms with Crippen LogP contribution in [-0.2, 0) is 27.9 Å². The summed E-state index contributed by atoms with van der Waals surface area (Å²) in [5, 5.41) is 5.78. The summed E-state index contributed by atoms with van der Waals surface area (Å²) < 4.78 is 3.05. The zero-order valence-electron chi connectivity index (χ0n) is 19.8. The Labute approximate surface area is 198 Å². The SMILES string of the molecule is Cn1c(=O)n(C2CCC(=O)NC2=O)c2cccc(CCC(=O)N3CCC4(CCNCC4)CC3)c21. The highest BCUT2D eigenvalue weighted by Crippen LogP contribution is 2.39. The van der Waals surface area contributed by atoms with Crippen LogP contribution in [0.2, 0.25) is 0 Å². The van der Waals surface area contributed by atoms with Crippen molar-refractivity contribution in [3.05, 3.63) is 34.2 Å². The van der Waals surface area contributed by atoms with Gasteiger partial charge in [-0.2, -0.15) is 0 Å². The Morgan fingerprint density at radius 2 is 1.82 bits per heavy atom. The van der Waals surface area contributed by atoms with E-state index in [0.29, 0.717) is 30.2 Å². The molecule has 1 aromatic heterocycles. The molecular weight excluding hydrogens is 434 g/mol. The minimum absolute atomic E-state index is 0.162. The number of hydrogen-bond donors (Lipinski definition) is 2. The van der Waals surface area contributed by atoms with E-state index < -0.39 is 11.9 Å². The maximum Gasteiger partial charge on any atom is 0.329 e. The van der Waals surface area contributed by atoms with E-state index in [1.54, 1.807) is 11.6 Å². The summed E-state index contributed by atoms with van der Waals surface area (Å²) in [6, 6.07) is 4.94. The number of aryl methyl sites for hydroxylation is 2. The van der Waals surface area contributed by atoms with Crippen LogP contribution in [0.25, 0.3) is 11.0 Å². The van der Waals surface area contributed by atoms with Gasteiger partial charge in [0.2, 0.25) is 17.7 Å². The number of likely N-dealkylation sites (tertiary alicyclic amines) is 1. The van der Waals surface area contributed by atoms with E-state index in [-0.39, 0.29) is 23.9 Å². The first-order chi connectivity index (χ1) is 16.4. The molecule has 34 heavy (non-hydrogen) atoms. The minimum Gasteiger partial charge on any atom is -0.343 e. The average Bonchev–Trinajstić information content (AvgIpc) is 3.09. The largest absolute Gasteiger partial charge is 0.343 e. The number of imide groups is 1. The predicted octanol–water partition coefficient (Wildman–Crippen LogP) is 1.24. The number of benzene rings is 1.